The van der Waals surface area contributed by atoms with Crippen LogP contribution in [0.15, 0.2) is 4.79 Å². The molecule has 13 heavy (non-hydrogen) atoms. The molecule has 5 nitrogen and oxygen atoms in total. The second-order valence-corrected chi connectivity index (χ2v) is 6.98. The number of tetrazole rings is 1. The van der Waals surface area contributed by atoms with Gasteiger partial charge in [0.05, 0.1) is 5.54 Å². The molecule has 1 aliphatic carbocycles. The third-order valence-corrected chi connectivity index (χ3v) is 5.87. The van der Waals surface area contributed by atoms with Crippen LogP contribution in [0.5, 0.6) is 0 Å². The summed E-state index contributed by atoms with van der Waals surface area (Å²) in [5, 5.41) is 9.47. The summed E-state index contributed by atoms with van der Waals surface area (Å²) in [7, 11) is 0. The van der Waals surface area contributed by atoms with Gasteiger partial charge in [-0.25, -0.2) is 9.89 Å². The van der Waals surface area contributed by atoms with E-state index < -0.39 is 0 Å². The minimum absolute atomic E-state index is 0.256. The largest absolute Gasteiger partial charge is 0.361 e. The summed E-state index contributed by atoms with van der Waals surface area (Å²) in [5.74, 6) is 0.280. The highest BCUT2D eigenvalue weighted by Gasteiger charge is 2.72. The average molecular weight is 312 g/mol. The number of halogens is 2. The van der Waals surface area contributed by atoms with E-state index in [1.165, 1.54) is 4.68 Å². The van der Waals surface area contributed by atoms with E-state index in [9.17, 15) is 4.79 Å². The Balaban J connectivity index is 2.51. The smallest absolute Gasteiger partial charge is 0.244 e. The van der Waals surface area contributed by atoms with Gasteiger partial charge in [0.15, 0.2) is 0 Å². The molecule has 2 rings (SSSR count). The van der Waals surface area contributed by atoms with Gasteiger partial charge in [0.2, 0.25) is 0 Å². The second kappa shape index (κ2) is 2.44. The molecule has 0 aliphatic heterocycles. The molecule has 1 heterocycles. The first-order chi connectivity index (χ1) is 5.92. The fraction of sp³-hybridized carbons (Fsp3) is 0.833. The first-order valence-electron chi connectivity index (χ1n) is 3.81. The van der Waals surface area contributed by atoms with E-state index in [0.717, 1.165) is 0 Å². The number of nitrogens with one attached hydrogen (secondary N) is 1. The highest BCUT2D eigenvalue weighted by Crippen LogP contribution is 2.68. The Morgan fingerprint density at radius 1 is 1.62 bits per heavy atom. The molecule has 1 aromatic rings. The Morgan fingerprint density at radius 2 is 2.15 bits per heavy atom. The third kappa shape index (κ3) is 0.942. The average Bonchev–Trinajstić information content (AvgIpc) is 2.46. The van der Waals surface area contributed by atoms with Crippen molar-refractivity contribution in [3.05, 3.63) is 10.5 Å². The van der Waals surface area contributed by atoms with Crippen LogP contribution in [0, 0.1) is 5.92 Å². The molecule has 2 unspecified atom stereocenters. The second-order valence-electron chi connectivity index (χ2n) is 3.41. The maximum atomic E-state index is 11.3. The fourth-order valence-corrected chi connectivity index (χ4v) is 3.23. The van der Waals surface area contributed by atoms with Crippen LogP contribution in [-0.2, 0) is 5.54 Å². The number of aromatic amines is 1. The quantitative estimate of drug-likeness (QED) is 0.781. The van der Waals surface area contributed by atoms with Crippen molar-refractivity contribution < 1.29 is 0 Å². The summed E-state index contributed by atoms with van der Waals surface area (Å²) in [6.07, 6.45) is 0. The number of hydrogen-bond donors (Lipinski definition) is 1. The van der Waals surface area contributed by atoms with Crippen LogP contribution < -0.4 is 5.69 Å². The van der Waals surface area contributed by atoms with Gasteiger partial charge in [0.1, 0.15) is 3.23 Å². The minimum atomic E-state index is -0.350. The molecular weight excluding hydrogens is 304 g/mol. The molecule has 1 aromatic heterocycles. The van der Waals surface area contributed by atoms with Gasteiger partial charge in [-0.05, 0) is 17.4 Å². The molecule has 1 fully saturated rings. The molecule has 0 amide bonds. The zero-order chi connectivity index (χ0) is 9.85. The van der Waals surface area contributed by atoms with Crippen molar-refractivity contribution in [3.63, 3.8) is 0 Å². The lowest BCUT2D eigenvalue weighted by atomic mass is 10.3. The van der Waals surface area contributed by atoms with Crippen LogP contribution in [0.25, 0.3) is 0 Å². The van der Waals surface area contributed by atoms with Crippen LogP contribution in [-0.4, -0.2) is 23.4 Å². The number of alkyl halides is 2. The summed E-state index contributed by atoms with van der Waals surface area (Å²) >= 11 is 7.01. The standard InChI is InChI=1S/C6H8Br2N4O/c1-3-5(2,6(3,7)8)12-4(13)9-10-11-12/h3H,1-2H3,(H,9,11,13). The monoisotopic (exact) mass is 310 g/mol. The predicted molar refractivity (Wildman–Crippen MR) is 54.0 cm³/mol. The molecule has 2 atom stereocenters. The Labute approximate surface area is 91.1 Å². The van der Waals surface area contributed by atoms with E-state index >= 15 is 0 Å². The molecule has 0 radical (unpaired) electrons. The molecule has 0 bridgehead atoms. The highest BCUT2D eigenvalue weighted by molar-refractivity contribution is 9.25. The molecule has 0 aromatic carbocycles. The van der Waals surface area contributed by atoms with Crippen LogP contribution in [0.4, 0.5) is 0 Å². The zero-order valence-corrected chi connectivity index (χ0v) is 10.3. The summed E-state index contributed by atoms with van der Waals surface area (Å²) in [6, 6.07) is 0. The normalized spacial score (nSPS) is 36.2. The van der Waals surface area contributed by atoms with Gasteiger partial charge in [0.25, 0.3) is 0 Å². The van der Waals surface area contributed by atoms with Gasteiger partial charge in [-0.2, -0.15) is 4.68 Å². The van der Waals surface area contributed by atoms with E-state index in [0.29, 0.717) is 0 Å². The number of aromatic nitrogens is 4. The number of H-pyrrole nitrogens is 1. The number of nitrogens with zero attached hydrogens (tertiary/aromatic N) is 3. The van der Waals surface area contributed by atoms with Crippen molar-refractivity contribution in [2.45, 2.75) is 22.6 Å². The van der Waals surface area contributed by atoms with E-state index in [-0.39, 0.29) is 20.4 Å². The van der Waals surface area contributed by atoms with Gasteiger partial charge in [-0.3, -0.25) is 0 Å². The molecule has 7 heteroatoms. The molecule has 1 aliphatic rings. The van der Waals surface area contributed by atoms with E-state index in [4.69, 9.17) is 0 Å². The Hall–Kier alpha value is -0.170. The SMILES string of the molecule is CC1C(Br)(Br)C1(C)n1nn[nH]c1=O. The number of hydrogen-bond acceptors (Lipinski definition) is 3. The molecule has 0 spiro atoms. The summed E-state index contributed by atoms with van der Waals surface area (Å²) in [5.41, 5.74) is -0.632. The summed E-state index contributed by atoms with van der Waals surface area (Å²) in [6.45, 7) is 3.98. The first-order valence-corrected chi connectivity index (χ1v) is 5.39. The molecule has 0 saturated heterocycles. The highest BCUT2D eigenvalue weighted by atomic mass is 79.9. The van der Waals surface area contributed by atoms with Gasteiger partial charge in [-0.1, -0.05) is 38.8 Å². The van der Waals surface area contributed by atoms with Crippen LogP contribution in [0.2, 0.25) is 0 Å². The van der Waals surface area contributed by atoms with Crippen molar-refractivity contribution in [2.24, 2.45) is 5.92 Å². The van der Waals surface area contributed by atoms with Gasteiger partial charge in [0, 0.05) is 5.92 Å². The van der Waals surface area contributed by atoms with Crippen molar-refractivity contribution in [3.8, 4) is 0 Å². The Bertz CT molecular complexity index is 397. The van der Waals surface area contributed by atoms with Gasteiger partial charge in [-0.15, -0.1) is 0 Å². The van der Waals surface area contributed by atoms with E-state index in [2.05, 4.69) is 47.4 Å². The van der Waals surface area contributed by atoms with Gasteiger partial charge >= 0.3 is 5.69 Å². The van der Waals surface area contributed by atoms with Crippen LogP contribution >= 0.6 is 31.9 Å². The Morgan fingerprint density at radius 3 is 2.46 bits per heavy atom. The maximum Gasteiger partial charge on any atom is 0.361 e. The lowest BCUT2D eigenvalue weighted by molar-refractivity contribution is 0.414. The summed E-state index contributed by atoms with van der Waals surface area (Å²) < 4.78 is 1.11. The van der Waals surface area contributed by atoms with Gasteiger partial charge < -0.3 is 0 Å². The van der Waals surface area contributed by atoms with Crippen LogP contribution in [0.3, 0.4) is 0 Å². The fourth-order valence-electron chi connectivity index (χ4n) is 1.54. The topological polar surface area (TPSA) is 63.6 Å². The lowest BCUT2D eigenvalue weighted by Gasteiger charge is -2.09. The first kappa shape index (κ1) is 9.39. The summed E-state index contributed by atoms with van der Waals surface area (Å²) in [4.78, 5) is 11.3. The van der Waals surface area contributed by atoms with Crippen molar-refractivity contribution >= 4 is 31.9 Å². The molecular formula is C6H8Br2N4O. The molecule has 72 valence electrons. The van der Waals surface area contributed by atoms with Crippen molar-refractivity contribution in [2.75, 3.05) is 0 Å². The van der Waals surface area contributed by atoms with E-state index in [1.54, 1.807) is 0 Å². The maximum absolute atomic E-state index is 11.3. The number of rotatable bonds is 1. The van der Waals surface area contributed by atoms with Crippen molar-refractivity contribution in [1.29, 1.82) is 0 Å². The Kier molecular flexibility index (Phi) is 1.76. The minimum Gasteiger partial charge on any atom is -0.244 e. The zero-order valence-electron chi connectivity index (χ0n) is 7.08. The van der Waals surface area contributed by atoms with Crippen LogP contribution in [0.1, 0.15) is 13.8 Å². The molecule has 1 N–H and O–H groups in total. The van der Waals surface area contributed by atoms with Crippen molar-refractivity contribution in [1.82, 2.24) is 20.2 Å². The lowest BCUT2D eigenvalue weighted by Crippen LogP contribution is -2.31. The third-order valence-electron chi connectivity index (χ3n) is 2.89. The van der Waals surface area contributed by atoms with E-state index in [1.807, 2.05) is 13.8 Å². The predicted octanol–water partition coefficient (Wildman–Crippen LogP) is 0.817. The molecule has 1 saturated carbocycles.